The molecule has 24 heavy (non-hydrogen) atoms. The number of carbonyl (C=O) groups is 1. The second-order valence-corrected chi connectivity index (χ2v) is 5.55. The van der Waals surface area contributed by atoms with Gasteiger partial charge in [0.1, 0.15) is 11.5 Å². The molecule has 0 radical (unpaired) electrons. The summed E-state index contributed by atoms with van der Waals surface area (Å²) in [5.74, 6) is 1.11. The number of aryl methyl sites for hydroxylation is 2. The maximum absolute atomic E-state index is 12.1. The summed E-state index contributed by atoms with van der Waals surface area (Å²) < 4.78 is 4.98. The molecule has 0 saturated carbocycles. The lowest BCUT2D eigenvalue weighted by Gasteiger charge is -2.06. The molecule has 2 N–H and O–H groups in total. The van der Waals surface area contributed by atoms with Gasteiger partial charge < -0.3 is 15.2 Å². The normalized spacial score (nSPS) is 10.4. The van der Waals surface area contributed by atoms with Gasteiger partial charge in [0.05, 0.1) is 11.9 Å². The molecule has 6 heteroatoms. The first-order valence-corrected chi connectivity index (χ1v) is 7.60. The molecule has 0 fully saturated rings. The first kappa shape index (κ1) is 15.7. The summed E-state index contributed by atoms with van der Waals surface area (Å²) in [7, 11) is 0. The molecular formula is C18H18N4O2. The van der Waals surface area contributed by atoms with E-state index in [-0.39, 0.29) is 5.91 Å². The van der Waals surface area contributed by atoms with Gasteiger partial charge in [-0.2, -0.15) is 0 Å². The van der Waals surface area contributed by atoms with E-state index in [9.17, 15) is 4.79 Å². The largest absolute Gasteiger partial charge is 0.360 e. The Hall–Kier alpha value is -3.15. The number of nitrogens with one attached hydrogen (secondary N) is 2. The third-order valence-corrected chi connectivity index (χ3v) is 3.47. The maximum Gasteiger partial charge on any atom is 0.270 e. The summed E-state index contributed by atoms with van der Waals surface area (Å²) in [6.45, 7) is 4.32. The van der Waals surface area contributed by atoms with Gasteiger partial charge in [0.25, 0.3) is 5.91 Å². The molecule has 0 atom stereocenters. The standard InChI is InChI=1S/C18H18N4O2/c1-12-3-5-14(6-4-12)10-20-18(23)16-8-7-15(11-19-16)21-17-9-13(2)24-22-17/h3-9,11H,10H2,1-2H3,(H,20,23)(H,21,22). The van der Waals surface area contributed by atoms with E-state index >= 15 is 0 Å². The summed E-state index contributed by atoms with van der Waals surface area (Å²) in [6.07, 6.45) is 1.59. The van der Waals surface area contributed by atoms with E-state index < -0.39 is 0 Å². The van der Waals surface area contributed by atoms with E-state index in [1.54, 1.807) is 24.4 Å². The highest BCUT2D eigenvalue weighted by molar-refractivity contribution is 5.92. The predicted molar refractivity (Wildman–Crippen MR) is 91.1 cm³/mol. The average molecular weight is 322 g/mol. The lowest BCUT2D eigenvalue weighted by Crippen LogP contribution is -2.23. The Morgan fingerprint density at radius 1 is 1.12 bits per heavy atom. The minimum Gasteiger partial charge on any atom is -0.360 e. The molecule has 0 saturated heterocycles. The van der Waals surface area contributed by atoms with Crippen LogP contribution in [0.3, 0.4) is 0 Å². The minimum atomic E-state index is -0.209. The number of anilines is 2. The number of rotatable bonds is 5. The third-order valence-electron chi connectivity index (χ3n) is 3.47. The fraction of sp³-hybridized carbons (Fsp3) is 0.167. The Kier molecular flexibility index (Phi) is 4.56. The average Bonchev–Trinajstić information content (AvgIpc) is 2.99. The topological polar surface area (TPSA) is 80.0 Å². The number of pyridine rings is 1. The van der Waals surface area contributed by atoms with Crippen LogP contribution in [-0.4, -0.2) is 16.0 Å². The monoisotopic (exact) mass is 322 g/mol. The van der Waals surface area contributed by atoms with Crippen molar-refractivity contribution >= 4 is 17.4 Å². The number of carbonyl (C=O) groups excluding carboxylic acids is 1. The predicted octanol–water partition coefficient (Wildman–Crippen LogP) is 3.36. The van der Waals surface area contributed by atoms with E-state index in [1.165, 1.54) is 5.56 Å². The first-order chi connectivity index (χ1) is 11.6. The first-order valence-electron chi connectivity index (χ1n) is 7.60. The van der Waals surface area contributed by atoms with Crippen LogP contribution in [0.25, 0.3) is 0 Å². The van der Waals surface area contributed by atoms with Crippen LogP contribution >= 0.6 is 0 Å². The van der Waals surface area contributed by atoms with Crippen molar-refractivity contribution in [2.75, 3.05) is 5.32 Å². The summed E-state index contributed by atoms with van der Waals surface area (Å²) in [6, 6.07) is 13.3. The number of hydrogen-bond donors (Lipinski definition) is 2. The molecule has 0 spiro atoms. The molecule has 122 valence electrons. The summed E-state index contributed by atoms with van der Waals surface area (Å²) >= 11 is 0. The van der Waals surface area contributed by atoms with Crippen LogP contribution in [0.4, 0.5) is 11.5 Å². The van der Waals surface area contributed by atoms with Gasteiger partial charge in [-0.25, -0.2) is 4.98 Å². The van der Waals surface area contributed by atoms with Crippen LogP contribution in [0.15, 0.2) is 53.2 Å². The maximum atomic E-state index is 12.1. The van der Waals surface area contributed by atoms with Crippen molar-refractivity contribution < 1.29 is 9.32 Å². The van der Waals surface area contributed by atoms with E-state index in [4.69, 9.17) is 4.52 Å². The molecule has 3 aromatic rings. The number of benzene rings is 1. The molecule has 3 rings (SSSR count). The highest BCUT2D eigenvalue weighted by Gasteiger charge is 2.07. The van der Waals surface area contributed by atoms with Crippen molar-refractivity contribution in [2.24, 2.45) is 0 Å². The van der Waals surface area contributed by atoms with Crippen LogP contribution in [0.2, 0.25) is 0 Å². The fourth-order valence-corrected chi connectivity index (χ4v) is 2.15. The molecule has 0 unspecified atom stereocenters. The SMILES string of the molecule is Cc1ccc(CNC(=O)c2ccc(Nc3cc(C)on3)cn2)cc1. The van der Waals surface area contributed by atoms with Gasteiger partial charge in [0.2, 0.25) is 0 Å². The molecule has 2 aromatic heterocycles. The third kappa shape index (κ3) is 3.98. The lowest BCUT2D eigenvalue weighted by molar-refractivity contribution is 0.0946. The lowest BCUT2D eigenvalue weighted by atomic mass is 10.1. The van der Waals surface area contributed by atoms with Crippen molar-refractivity contribution in [1.82, 2.24) is 15.5 Å². The van der Waals surface area contributed by atoms with Crippen molar-refractivity contribution in [3.05, 3.63) is 71.2 Å². The molecule has 0 aliphatic heterocycles. The Bertz CT molecular complexity index is 823. The molecule has 6 nitrogen and oxygen atoms in total. The van der Waals surface area contributed by atoms with Gasteiger partial charge in [-0.15, -0.1) is 0 Å². The summed E-state index contributed by atoms with van der Waals surface area (Å²) in [5.41, 5.74) is 3.34. The highest BCUT2D eigenvalue weighted by atomic mass is 16.5. The van der Waals surface area contributed by atoms with Crippen molar-refractivity contribution in [3.8, 4) is 0 Å². The van der Waals surface area contributed by atoms with Crippen molar-refractivity contribution in [3.63, 3.8) is 0 Å². The van der Waals surface area contributed by atoms with E-state index in [1.807, 2.05) is 38.1 Å². The summed E-state index contributed by atoms with van der Waals surface area (Å²) in [4.78, 5) is 16.3. The molecule has 1 amide bonds. The Labute approximate surface area is 139 Å². The zero-order valence-corrected chi connectivity index (χ0v) is 13.5. The summed E-state index contributed by atoms with van der Waals surface area (Å²) in [5, 5.41) is 9.76. The van der Waals surface area contributed by atoms with Gasteiger partial charge in [-0.3, -0.25) is 4.79 Å². The molecule has 0 aliphatic carbocycles. The van der Waals surface area contributed by atoms with E-state index in [0.29, 0.717) is 18.1 Å². The minimum absolute atomic E-state index is 0.209. The fourth-order valence-electron chi connectivity index (χ4n) is 2.15. The molecule has 2 heterocycles. The Morgan fingerprint density at radius 2 is 1.92 bits per heavy atom. The number of nitrogens with zero attached hydrogens (tertiary/aromatic N) is 2. The zero-order chi connectivity index (χ0) is 16.9. The smallest absolute Gasteiger partial charge is 0.270 e. The number of aromatic nitrogens is 2. The molecule has 1 aromatic carbocycles. The molecule has 0 aliphatic rings. The number of hydrogen-bond acceptors (Lipinski definition) is 5. The van der Waals surface area contributed by atoms with E-state index in [2.05, 4.69) is 20.8 Å². The quantitative estimate of drug-likeness (QED) is 0.753. The Balaban J connectivity index is 1.58. The van der Waals surface area contributed by atoms with Gasteiger partial charge in [-0.1, -0.05) is 35.0 Å². The van der Waals surface area contributed by atoms with Gasteiger partial charge >= 0.3 is 0 Å². The second-order valence-electron chi connectivity index (χ2n) is 5.55. The molecule has 0 bridgehead atoms. The van der Waals surface area contributed by atoms with Crippen LogP contribution in [0.1, 0.15) is 27.4 Å². The van der Waals surface area contributed by atoms with Crippen molar-refractivity contribution in [2.45, 2.75) is 20.4 Å². The second kappa shape index (κ2) is 6.95. The van der Waals surface area contributed by atoms with Gasteiger partial charge in [-0.05, 0) is 31.5 Å². The van der Waals surface area contributed by atoms with Gasteiger partial charge in [0.15, 0.2) is 5.82 Å². The zero-order valence-electron chi connectivity index (χ0n) is 13.5. The van der Waals surface area contributed by atoms with Crippen LogP contribution in [-0.2, 0) is 6.54 Å². The van der Waals surface area contributed by atoms with Crippen LogP contribution in [0, 0.1) is 13.8 Å². The highest BCUT2D eigenvalue weighted by Crippen LogP contribution is 2.15. The van der Waals surface area contributed by atoms with Crippen molar-refractivity contribution in [1.29, 1.82) is 0 Å². The van der Waals surface area contributed by atoms with Crippen LogP contribution < -0.4 is 10.6 Å². The molecular weight excluding hydrogens is 304 g/mol. The number of amides is 1. The van der Waals surface area contributed by atoms with Crippen LogP contribution in [0.5, 0.6) is 0 Å². The Morgan fingerprint density at radius 3 is 2.54 bits per heavy atom. The van der Waals surface area contributed by atoms with E-state index in [0.717, 1.165) is 17.0 Å². The van der Waals surface area contributed by atoms with Gasteiger partial charge in [0, 0.05) is 12.6 Å².